The van der Waals surface area contributed by atoms with Gasteiger partial charge in [0.05, 0.1) is 17.1 Å². The maximum absolute atomic E-state index is 2.58. The Morgan fingerprint density at radius 2 is 0.839 bits per heavy atom. The van der Waals surface area contributed by atoms with Gasteiger partial charge in [0, 0.05) is 21.8 Å². The van der Waals surface area contributed by atoms with Gasteiger partial charge in [-0.1, -0.05) is 184 Å². The van der Waals surface area contributed by atoms with E-state index < -0.39 is 0 Å². The van der Waals surface area contributed by atoms with Gasteiger partial charge in [-0.05, 0) is 139 Å². The highest BCUT2D eigenvalue weighted by molar-refractivity contribution is 6.03. The van der Waals surface area contributed by atoms with Crippen molar-refractivity contribution in [3.8, 4) is 55.6 Å². The molecular weight excluding hydrogens is 747 g/mol. The van der Waals surface area contributed by atoms with Crippen molar-refractivity contribution in [3.63, 3.8) is 0 Å². The summed E-state index contributed by atoms with van der Waals surface area (Å²) in [6.45, 7) is 9.62. The average Bonchev–Trinajstić information content (AvgIpc) is 3.85. The van der Waals surface area contributed by atoms with Gasteiger partial charge in [0.1, 0.15) is 0 Å². The Morgan fingerprint density at radius 3 is 1.63 bits per heavy atom. The molecule has 0 spiro atoms. The van der Waals surface area contributed by atoms with Crippen molar-refractivity contribution in [3.05, 3.63) is 245 Å². The molecule has 2 unspecified atom stereocenters. The number of rotatable bonds is 4. The molecule has 0 bridgehead atoms. The van der Waals surface area contributed by atoms with Gasteiger partial charge in [-0.3, -0.25) is 0 Å². The summed E-state index contributed by atoms with van der Waals surface area (Å²) in [4.78, 5) is 2.58. The van der Waals surface area contributed by atoms with Gasteiger partial charge in [0.15, 0.2) is 0 Å². The minimum atomic E-state index is -0.356. The van der Waals surface area contributed by atoms with E-state index in [4.69, 9.17) is 0 Å². The molecule has 1 heterocycles. The molecule has 9 aromatic carbocycles. The number of fused-ring (bicyclic) bond motifs is 11. The van der Waals surface area contributed by atoms with E-state index in [2.05, 4.69) is 233 Å². The first-order chi connectivity index (χ1) is 30.3. The maximum atomic E-state index is 2.58. The highest BCUT2D eigenvalue weighted by Gasteiger charge is 2.49. The standard InChI is InChI=1S/C61H45N/c1-59(2)48-26-12-10-23-46(48)57-44(24-16-29-52(57)59)43-22-11-15-30-54(43)62-55-35-33-39(37-53(55)61(4)50-28-14-8-20-41(50)45-25-17-31-56(62)58(45)61)38-32-34-51-47(36-38)42-21-9-13-27-49(42)60(51,3)40-18-6-5-7-19-40/h5-37H,1-4H3. The second kappa shape index (κ2) is 12.4. The Kier molecular flexibility index (Phi) is 7.12. The summed E-state index contributed by atoms with van der Waals surface area (Å²) in [5.74, 6) is 0. The van der Waals surface area contributed by atoms with E-state index in [1.54, 1.807) is 0 Å². The molecule has 0 amide bonds. The predicted molar refractivity (Wildman–Crippen MR) is 258 cm³/mol. The summed E-state index contributed by atoms with van der Waals surface area (Å²) >= 11 is 0. The van der Waals surface area contributed by atoms with Crippen molar-refractivity contribution in [1.82, 2.24) is 0 Å². The summed E-state index contributed by atoms with van der Waals surface area (Å²) in [6, 6.07) is 75.7. The molecular formula is C61H45N. The van der Waals surface area contributed by atoms with Crippen molar-refractivity contribution in [2.24, 2.45) is 0 Å². The highest BCUT2D eigenvalue weighted by Crippen LogP contribution is 2.64. The van der Waals surface area contributed by atoms with E-state index in [0.717, 1.165) is 0 Å². The lowest BCUT2D eigenvalue weighted by Gasteiger charge is -2.43. The number of nitrogens with zero attached hydrogens (tertiary/aromatic N) is 1. The van der Waals surface area contributed by atoms with Crippen LogP contribution in [-0.2, 0) is 16.2 Å². The number of anilines is 3. The molecule has 3 aliphatic carbocycles. The smallest absolute Gasteiger partial charge is 0.0540 e. The molecule has 13 rings (SSSR count). The van der Waals surface area contributed by atoms with Crippen molar-refractivity contribution in [2.75, 3.05) is 4.90 Å². The second-order valence-electron chi connectivity index (χ2n) is 18.7. The van der Waals surface area contributed by atoms with Crippen LogP contribution in [0.4, 0.5) is 17.1 Å². The Labute approximate surface area is 364 Å². The molecule has 0 N–H and O–H groups in total. The Bertz CT molecular complexity index is 3370. The minimum absolute atomic E-state index is 0.0847. The van der Waals surface area contributed by atoms with Crippen LogP contribution in [0.25, 0.3) is 55.6 Å². The first kappa shape index (κ1) is 35.5. The molecule has 1 aliphatic heterocycles. The molecule has 0 saturated carbocycles. The molecule has 0 radical (unpaired) electrons. The summed E-state index contributed by atoms with van der Waals surface area (Å²) in [5.41, 5.74) is 26.9. The monoisotopic (exact) mass is 791 g/mol. The first-order valence-corrected chi connectivity index (χ1v) is 22.1. The molecule has 1 heteroatoms. The Morgan fingerprint density at radius 1 is 0.306 bits per heavy atom. The van der Waals surface area contributed by atoms with Gasteiger partial charge in [-0.25, -0.2) is 0 Å². The van der Waals surface area contributed by atoms with Gasteiger partial charge in [-0.2, -0.15) is 0 Å². The fourth-order valence-corrected chi connectivity index (χ4v) is 12.4. The van der Waals surface area contributed by atoms with Gasteiger partial charge in [0.25, 0.3) is 0 Å². The number of para-hydroxylation sites is 1. The highest BCUT2D eigenvalue weighted by atomic mass is 15.2. The quantitative estimate of drug-likeness (QED) is 0.172. The molecule has 2 atom stereocenters. The maximum Gasteiger partial charge on any atom is 0.0540 e. The number of benzene rings is 9. The fourth-order valence-electron chi connectivity index (χ4n) is 12.4. The zero-order chi connectivity index (χ0) is 41.5. The Balaban J connectivity index is 1.04. The lowest BCUT2D eigenvalue weighted by atomic mass is 9.70. The Hall–Kier alpha value is -7.22. The van der Waals surface area contributed by atoms with Crippen LogP contribution in [0.2, 0.25) is 0 Å². The van der Waals surface area contributed by atoms with Crippen LogP contribution in [0.1, 0.15) is 72.2 Å². The van der Waals surface area contributed by atoms with Gasteiger partial charge in [-0.15, -0.1) is 0 Å². The average molecular weight is 792 g/mol. The number of hydrogen-bond donors (Lipinski definition) is 0. The van der Waals surface area contributed by atoms with E-state index >= 15 is 0 Å². The van der Waals surface area contributed by atoms with Crippen LogP contribution < -0.4 is 4.90 Å². The third-order valence-electron chi connectivity index (χ3n) is 15.4. The zero-order valence-corrected chi connectivity index (χ0v) is 35.5. The second-order valence-corrected chi connectivity index (χ2v) is 18.7. The molecule has 0 aromatic heterocycles. The third-order valence-corrected chi connectivity index (χ3v) is 15.4. The molecule has 0 fully saturated rings. The van der Waals surface area contributed by atoms with Crippen LogP contribution in [0, 0.1) is 0 Å². The number of hydrogen-bond acceptors (Lipinski definition) is 1. The van der Waals surface area contributed by atoms with Crippen molar-refractivity contribution in [2.45, 2.75) is 43.9 Å². The SMILES string of the molecule is CC1(C)c2ccccc2-c2c(-c3ccccc3N3c4ccc(-c5ccc6c(c5)-c5ccccc5C6(C)c5ccccc5)cc4C4(C)c5ccccc5-c5cccc3c54)cccc21. The van der Waals surface area contributed by atoms with Crippen LogP contribution in [0.15, 0.2) is 200 Å². The fraction of sp³-hybridized carbons (Fsp3) is 0.115. The molecule has 9 aromatic rings. The predicted octanol–water partition coefficient (Wildman–Crippen LogP) is 15.8. The summed E-state index contributed by atoms with van der Waals surface area (Å²) in [7, 11) is 0. The molecule has 4 aliphatic rings. The van der Waals surface area contributed by atoms with Gasteiger partial charge in [0.2, 0.25) is 0 Å². The summed E-state index contributed by atoms with van der Waals surface area (Å²) in [5, 5.41) is 0. The molecule has 0 saturated heterocycles. The topological polar surface area (TPSA) is 3.24 Å². The largest absolute Gasteiger partial charge is 0.309 e. The van der Waals surface area contributed by atoms with Crippen molar-refractivity contribution < 1.29 is 0 Å². The van der Waals surface area contributed by atoms with E-state index in [0.29, 0.717) is 0 Å². The first-order valence-electron chi connectivity index (χ1n) is 22.1. The zero-order valence-electron chi connectivity index (χ0n) is 35.5. The van der Waals surface area contributed by atoms with E-state index in [-0.39, 0.29) is 16.2 Å². The van der Waals surface area contributed by atoms with Crippen LogP contribution in [-0.4, -0.2) is 0 Å². The van der Waals surface area contributed by atoms with Gasteiger partial charge < -0.3 is 4.90 Å². The van der Waals surface area contributed by atoms with Crippen molar-refractivity contribution >= 4 is 17.1 Å². The van der Waals surface area contributed by atoms with Crippen molar-refractivity contribution in [1.29, 1.82) is 0 Å². The molecule has 294 valence electrons. The van der Waals surface area contributed by atoms with Crippen LogP contribution in [0.5, 0.6) is 0 Å². The lowest BCUT2D eigenvalue weighted by molar-refractivity contribution is 0.660. The summed E-state index contributed by atoms with van der Waals surface area (Å²) in [6.07, 6.45) is 0. The van der Waals surface area contributed by atoms with E-state index in [1.165, 1.54) is 117 Å². The van der Waals surface area contributed by atoms with E-state index in [9.17, 15) is 0 Å². The third kappa shape index (κ3) is 4.43. The van der Waals surface area contributed by atoms with Crippen LogP contribution in [0.3, 0.4) is 0 Å². The van der Waals surface area contributed by atoms with Crippen LogP contribution >= 0.6 is 0 Å². The summed E-state index contributed by atoms with van der Waals surface area (Å²) < 4.78 is 0. The van der Waals surface area contributed by atoms with Gasteiger partial charge >= 0.3 is 0 Å². The molecule has 1 nitrogen and oxygen atoms in total. The lowest BCUT2D eigenvalue weighted by Crippen LogP contribution is -2.32. The minimum Gasteiger partial charge on any atom is -0.309 e. The molecule has 62 heavy (non-hydrogen) atoms. The normalized spacial score (nSPS) is 18.9. The van der Waals surface area contributed by atoms with E-state index in [1.807, 2.05) is 0 Å².